The average Bonchev–Trinajstić information content (AvgIpc) is 2.87. The fourth-order valence-electron chi connectivity index (χ4n) is 1.94. The highest BCUT2D eigenvalue weighted by Gasteiger charge is 2.23. The van der Waals surface area contributed by atoms with E-state index >= 15 is 0 Å². The summed E-state index contributed by atoms with van der Waals surface area (Å²) in [5, 5.41) is 8.18. The number of aryl methyl sites for hydroxylation is 2. The molecule has 0 aliphatic rings. The largest absolute Gasteiger partial charge is 0.397 e. The molecule has 2 rings (SSSR count). The number of nitrogens with zero attached hydrogens (tertiary/aromatic N) is 2. The van der Waals surface area contributed by atoms with Crippen molar-refractivity contribution in [3.63, 3.8) is 0 Å². The van der Waals surface area contributed by atoms with Gasteiger partial charge in [0.15, 0.2) is 0 Å². The van der Waals surface area contributed by atoms with E-state index in [0.29, 0.717) is 17.1 Å². The first-order valence-electron chi connectivity index (χ1n) is 6.31. The maximum atomic E-state index is 12.3. The summed E-state index contributed by atoms with van der Waals surface area (Å²) in [7, 11) is 1.86. The normalized spacial score (nSPS) is 12.1. The Morgan fingerprint density at radius 3 is 2.75 bits per heavy atom. The minimum Gasteiger partial charge on any atom is -0.397 e. The summed E-state index contributed by atoms with van der Waals surface area (Å²) < 4.78 is 1.78. The van der Waals surface area contributed by atoms with Crippen LogP contribution >= 0.6 is 23.1 Å². The molecule has 2 heterocycles. The standard InChI is InChI=1S/C13H20N4OS2/c1-7-8-9(14)10(20-12(8)17(4)16-7)11(18)15-6-13(2,3)19-5/h6,14H2,1-5H3,(H,15,18). The Kier molecular flexibility index (Phi) is 4.02. The summed E-state index contributed by atoms with van der Waals surface area (Å²) >= 11 is 3.12. The number of hydrogen-bond donors (Lipinski definition) is 2. The number of hydrogen-bond acceptors (Lipinski definition) is 5. The van der Waals surface area contributed by atoms with Crippen molar-refractivity contribution in [1.29, 1.82) is 0 Å². The minimum atomic E-state index is -0.106. The molecule has 0 spiro atoms. The van der Waals surface area contributed by atoms with Crippen molar-refractivity contribution in [2.24, 2.45) is 7.05 Å². The van der Waals surface area contributed by atoms with Crippen LogP contribution in [0.25, 0.3) is 10.2 Å². The van der Waals surface area contributed by atoms with E-state index in [4.69, 9.17) is 5.73 Å². The molecule has 2 aromatic heterocycles. The van der Waals surface area contributed by atoms with Gasteiger partial charge >= 0.3 is 0 Å². The Morgan fingerprint density at radius 2 is 2.20 bits per heavy atom. The SMILES string of the molecule is CSC(C)(C)CNC(=O)c1sc2c(c(C)nn2C)c1N. The Labute approximate surface area is 126 Å². The maximum Gasteiger partial charge on any atom is 0.263 e. The number of nitrogens with one attached hydrogen (secondary N) is 1. The predicted octanol–water partition coefficient (Wildman–Crippen LogP) is 2.40. The second-order valence-corrected chi connectivity index (χ2v) is 7.89. The van der Waals surface area contributed by atoms with Gasteiger partial charge < -0.3 is 11.1 Å². The lowest BCUT2D eigenvalue weighted by atomic mass is 10.2. The van der Waals surface area contributed by atoms with Gasteiger partial charge in [0.05, 0.1) is 16.8 Å². The molecule has 0 atom stereocenters. The van der Waals surface area contributed by atoms with E-state index in [1.807, 2.05) is 20.2 Å². The van der Waals surface area contributed by atoms with Crippen LogP contribution in [-0.2, 0) is 7.05 Å². The lowest BCUT2D eigenvalue weighted by Gasteiger charge is -2.22. The summed E-state index contributed by atoms with van der Waals surface area (Å²) in [6.45, 7) is 6.71. The number of nitrogen functional groups attached to an aromatic ring is 1. The summed E-state index contributed by atoms with van der Waals surface area (Å²) in [5.41, 5.74) is 7.51. The topological polar surface area (TPSA) is 72.9 Å². The van der Waals surface area contributed by atoms with Crippen molar-refractivity contribution in [3.05, 3.63) is 10.6 Å². The lowest BCUT2D eigenvalue weighted by molar-refractivity contribution is 0.0955. The first-order chi connectivity index (χ1) is 9.26. The Bertz CT molecular complexity index is 657. The third-order valence-corrected chi connectivity index (χ3v) is 5.84. The smallest absolute Gasteiger partial charge is 0.263 e. The number of thiophene rings is 1. The zero-order chi connectivity index (χ0) is 15.1. The van der Waals surface area contributed by atoms with E-state index in [-0.39, 0.29) is 10.7 Å². The van der Waals surface area contributed by atoms with Crippen molar-refractivity contribution in [1.82, 2.24) is 15.1 Å². The number of nitrogens with two attached hydrogens (primary N) is 1. The van der Waals surface area contributed by atoms with Crippen LogP contribution in [0.3, 0.4) is 0 Å². The average molecular weight is 312 g/mol. The maximum absolute atomic E-state index is 12.3. The molecule has 2 aromatic rings. The third-order valence-electron chi connectivity index (χ3n) is 3.32. The van der Waals surface area contributed by atoms with E-state index < -0.39 is 0 Å². The van der Waals surface area contributed by atoms with Gasteiger partial charge in [-0.25, -0.2) is 0 Å². The Morgan fingerprint density at radius 1 is 1.55 bits per heavy atom. The fraction of sp³-hybridized carbons (Fsp3) is 0.538. The van der Waals surface area contributed by atoms with Crippen LogP contribution in [0.15, 0.2) is 0 Å². The van der Waals surface area contributed by atoms with Gasteiger partial charge in [0.1, 0.15) is 9.71 Å². The summed E-state index contributed by atoms with van der Waals surface area (Å²) in [5.74, 6) is -0.106. The van der Waals surface area contributed by atoms with Crippen LogP contribution in [0.2, 0.25) is 0 Å². The number of thioether (sulfide) groups is 1. The van der Waals surface area contributed by atoms with Gasteiger partial charge in [0, 0.05) is 18.3 Å². The first-order valence-corrected chi connectivity index (χ1v) is 8.36. The molecule has 5 nitrogen and oxygen atoms in total. The number of amides is 1. The molecular formula is C13H20N4OS2. The highest BCUT2D eigenvalue weighted by Crippen LogP contribution is 2.35. The van der Waals surface area contributed by atoms with Gasteiger partial charge in [-0.15, -0.1) is 11.3 Å². The van der Waals surface area contributed by atoms with Crippen molar-refractivity contribution in [2.45, 2.75) is 25.5 Å². The molecule has 1 amide bonds. The molecule has 0 aliphatic heterocycles. The molecule has 0 saturated heterocycles. The molecule has 110 valence electrons. The molecule has 3 N–H and O–H groups in total. The lowest BCUT2D eigenvalue weighted by Crippen LogP contribution is -2.35. The van der Waals surface area contributed by atoms with Crippen LogP contribution < -0.4 is 11.1 Å². The zero-order valence-corrected chi connectivity index (χ0v) is 14.0. The van der Waals surface area contributed by atoms with E-state index in [1.54, 1.807) is 16.4 Å². The van der Waals surface area contributed by atoms with Crippen molar-refractivity contribution < 1.29 is 4.79 Å². The first kappa shape index (κ1) is 15.2. The number of rotatable bonds is 4. The summed E-state index contributed by atoms with van der Waals surface area (Å²) in [4.78, 5) is 13.8. The summed E-state index contributed by atoms with van der Waals surface area (Å²) in [6.07, 6.45) is 2.04. The third kappa shape index (κ3) is 2.64. The molecule has 7 heteroatoms. The molecule has 0 saturated carbocycles. The predicted molar refractivity (Wildman–Crippen MR) is 87.7 cm³/mol. The van der Waals surface area contributed by atoms with Crippen LogP contribution in [0.5, 0.6) is 0 Å². The van der Waals surface area contributed by atoms with E-state index in [0.717, 1.165) is 15.9 Å². The number of carbonyl (C=O) groups is 1. The van der Waals surface area contributed by atoms with Gasteiger partial charge in [0.25, 0.3) is 5.91 Å². The van der Waals surface area contributed by atoms with Gasteiger partial charge in [-0.05, 0) is 27.0 Å². The molecule has 0 bridgehead atoms. The fourth-order valence-corrected chi connectivity index (χ4v) is 3.26. The van der Waals surface area contributed by atoms with E-state index in [2.05, 4.69) is 24.3 Å². The molecule has 0 unspecified atom stereocenters. The number of aromatic nitrogens is 2. The van der Waals surface area contributed by atoms with Crippen molar-refractivity contribution >= 4 is 44.9 Å². The van der Waals surface area contributed by atoms with Crippen LogP contribution in [0.1, 0.15) is 29.2 Å². The highest BCUT2D eigenvalue weighted by molar-refractivity contribution is 7.99. The van der Waals surface area contributed by atoms with Crippen LogP contribution in [0, 0.1) is 6.92 Å². The number of fused-ring (bicyclic) bond motifs is 1. The quantitative estimate of drug-likeness (QED) is 0.909. The van der Waals surface area contributed by atoms with Crippen LogP contribution in [0.4, 0.5) is 5.69 Å². The van der Waals surface area contributed by atoms with E-state index in [9.17, 15) is 4.79 Å². The number of anilines is 1. The van der Waals surface area contributed by atoms with Gasteiger partial charge in [0.2, 0.25) is 0 Å². The Hall–Kier alpha value is -1.21. The molecular weight excluding hydrogens is 292 g/mol. The number of carbonyl (C=O) groups excluding carboxylic acids is 1. The summed E-state index contributed by atoms with van der Waals surface area (Å²) in [6, 6.07) is 0. The van der Waals surface area contributed by atoms with Gasteiger partial charge in [-0.3, -0.25) is 9.48 Å². The zero-order valence-electron chi connectivity index (χ0n) is 12.4. The second kappa shape index (κ2) is 5.29. The molecule has 0 aliphatic carbocycles. The Balaban J connectivity index is 2.27. The van der Waals surface area contributed by atoms with Crippen molar-refractivity contribution in [2.75, 3.05) is 18.5 Å². The van der Waals surface area contributed by atoms with Gasteiger partial charge in [-0.2, -0.15) is 16.9 Å². The second-order valence-electron chi connectivity index (χ2n) is 5.38. The van der Waals surface area contributed by atoms with Crippen LogP contribution in [-0.4, -0.2) is 33.2 Å². The molecule has 0 aromatic carbocycles. The van der Waals surface area contributed by atoms with Gasteiger partial charge in [-0.1, -0.05) is 0 Å². The molecule has 0 radical (unpaired) electrons. The van der Waals surface area contributed by atoms with Crippen molar-refractivity contribution in [3.8, 4) is 0 Å². The monoisotopic (exact) mass is 312 g/mol. The highest BCUT2D eigenvalue weighted by atomic mass is 32.2. The minimum absolute atomic E-state index is 0.0125. The van der Waals surface area contributed by atoms with E-state index in [1.165, 1.54) is 11.3 Å². The molecule has 0 fully saturated rings. The molecule has 20 heavy (non-hydrogen) atoms.